The van der Waals surface area contributed by atoms with Crippen molar-refractivity contribution in [2.24, 2.45) is 11.8 Å². The normalized spacial score (nSPS) is 22.5. The molecule has 1 saturated carbocycles. The van der Waals surface area contributed by atoms with Gasteiger partial charge in [0.2, 0.25) is 0 Å². The van der Waals surface area contributed by atoms with Crippen molar-refractivity contribution >= 4 is 11.8 Å². The number of rotatable bonds is 5. The van der Waals surface area contributed by atoms with Gasteiger partial charge in [0.05, 0.1) is 0 Å². The minimum absolute atomic E-state index is 0.257. The molecular weight excluding hydrogens is 252 g/mol. The lowest BCUT2D eigenvalue weighted by Gasteiger charge is -2.26. The second kappa shape index (κ2) is 6.73. The summed E-state index contributed by atoms with van der Waals surface area (Å²) < 4.78 is 0. The molecule has 0 aliphatic heterocycles. The van der Waals surface area contributed by atoms with Crippen molar-refractivity contribution in [3.05, 3.63) is 23.4 Å². The van der Waals surface area contributed by atoms with Crippen molar-refractivity contribution in [2.45, 2.75) is 46.0 Å². The number of aromatic carboxylic acids is 1. The number of aryl methyl sites for hydroxylation is 1. The zero-order valence-electron chi connectivity index (χ0n) is 12.4. The maximum absolute atomic E-state index is 11.2. The molecule has 0 bridgehead atoms. The lowest BCUT2D eigenvalue weighted by molar-refractivity contribution is 0.0697. The summed E-state index contributed by atoms with van der Waals surface area (Å²) >= 11 is 0. The Hall–Kier alpha value is -1.58. The Balaban J connectivity index is 1.90. The molecule has 2 rings (SSSR count). The average molecular weight is 276 g/mol. The van der Waals surface area contributed by atoms with Gasteiger partial charge >= 0.3 is 5.97 Å². The molecule has 1 aliphatic rings. The van der Waals surface area contributed by atoms with Crippen LogP contribution in [0.4, 0.5) is 5.82 Å². The van der Waals surface area contributed by atoms with Crippen LogP contribution in [-0.4, -0.2) is 22.6 Å². The van der Waals surface area contributed by atoms with Gasteiger partial charge in [0.15, 0.2) is 0 Å². The zero-order valence-corrected chi connectivity index (χ0v) is 12.4. The molecule has 1 heterocycles. The summed E-state index contributed by atoms with van der Waals surface area (Å²) in [5.74, 6) is 1.18. The fraction of sp³-hybridized carbons (Fsp3) is 0.625. The van der Waals surface area contributed by atoms with E-state index in [9.17, 15) is 4.79 Å². The second-order valence-electron chi connectivity index (χ2n) is 6.01. The topological polar surface area (TPSA) is 62.2 Å². The maximum atomic E-state index is 11.2. The number of carboxylic acid groups (broad SMARTS) is 1. The summed E-state index contributed by atoms with van der Waals surface area (Å²) in [6, 6.07) is 3.35. The summed E-state index contributed by atoms with van der Waals surface area (Å²) in [4.78, 5) is 15.5. The molecule has 20 heavy (non-hydrogen) atoms. The van der Waals surface area contributed by atoms with Gasteiger partial charge in [0.1, 0.15) is 11.4 Å². The maximum Gasteiger partial charge on any atom is 0.339 e. The Morgan fingerprint density at radius 1 is 1.45 bits per heavy atom. The molecule has 1 aromatic rings. The Morgan fingerprint density at radius 3 is 2.95 bits per heavy atom. The van der Waals surface area contributed by atoms with Crippen LogP contribution >= 0.6 is 0 Å². The Labute approximate surface area is 120 Å². The summed E-state index contributed by atoms with van der Waals surface area (Å²) in [6.45, 7) is 5.00. The lowest BCUT2D eigenvalue weighted by atomic mass is 9.81. The second-order valence-corrected chi connectivity index (χ2v) is 6.01. The third kappa shape index (κ3) is 3.95. The third-order valence-electron chi connectivity index (χ3n) is 4.15. The van der Waals surface area contributed by atoms with Crippen LogP contribution in [0, 0.1) is 18.8 Å². The van der Waals surface area contributed by atoms with Crippen LogP contribution in [0.25, 0.3) is 0 Å². The van der Waals surface area contributed by atoms with Crippen molar-refractivity contribution < 1.29 is 9.90 Å². The third-order valence-corrected chi connectivity index (χ3v) is 4.15. The summed E-state index contributed by atoms with van der Waals surface area (Å²) in [7, 11) is 0. The Morgan fingerprint density at radius 2 is 2.25 bits per heavy atom. The standard InChI is InChI=1S/C16H24N2O2/c1-11-4-3-5-13(10-11)8-9-17-15-14(16(19)20)7-6-12(2)18-15/h6-7,11,13H,3-5,8-10H2,1-2H3,(H,17,18)(H,19,20). The lowest BCUT2D eigenvalue weighted by Crippen LogP contribution is -2.18. The molecule has 0 amide bonds. The van der Waals surface area contributed by atoms with E-state index in [0.29, 0.717) is 5.82 Å². The number of aromatic nitrogens is 1. The summed E-state index contributed by atoms with van der Waals surface area (Å²) in [5, 5.41) is 12.4. The molecule has 2 atom stereocenters. The van der Waals surface area contributed by atoms with Crippen LogP contribution in [0.15, 0.2) is 12.1 Å². The van der Waals surface area contributed by atoms with E-state index in [4.69, 9.17) is 5.11 Å². The molecular formula is C16H24N2O2. The number of hydrogen-bond acceptors (Lipinski definition) is 3. The van der Waals surface area contributed by atoms with Crippen LogP contribution in [0.5, 0.6) is 0 Å². The number of anilines is 1. The highest BCUT2D eigenvalue weighted by Crippen LogP contribution is 2.30. The minimum atomic E-state index is -0.925. The van der Waals surface area contributed by atoms with Crippen LogP contribution in [0.3, 0.4) is 0 Å². The first-order valence-corrected chi connectivity index (χ1v) is 7.51. The first kappa shape index (κ1) is 14.8. The first-order valence-electron chi connectivity index (χ1n) is 7.51. The van der Waals surface area contributed by atoms with E-state index in [1.54, 1.807) is 12.1 Å². The number of carboxylic acids is 1. The highest BCUT2D eigenvalue weighted by atomic mass is 16.4. The van der Waals surface area contributed by atoms with Crippen LogP contribution < -0.4 is 5.32 Å². The molecule has 2 N–H and O–H groups in total. The van der Waals surface area contributed by atoms with Gasteiger partial charge in [-0.2, -0.15) is 0 Å². The minimum Gasteiger partial charge on any atom is -0.478 e. The van der Waals surface area contributed by atoms with E-state index < -0.39 is 5.97 Å². The highest BCUT2D eigenvalue weighted by Gasteiger charge is 2.19. The van der Waals surface area contributed by atoms with Crippen molar-refractivity contribution in [3.63, 3.8) is 0 Å². The molecule has 0 aromatic carbocycles. The Bertz CT molecular complexity index is 474. The molecule has 110 valence electrons. The van der Waals surface area contributed by atoms with E-state index in [1.807, 2.05) is 6.92 Å². The molecule has 1 aromatic heterocycles. The predicted molar refractivity (Wildman–Crippen MR) is 80.2 cm³/mol. The highest BCUT2D eigenvalue weighted by molar-refractivity contribution is 5.93. The van der Waals surface area contributed by atoms with Crippen molar-refractivity contribution in [2.75, 3.05) is 11.9 Å². The van der Waals surface area contributed by atoms with Gasteiger partial charge < -0.3 is 10.4 Å². The van der Waals surface area contributed by atoms with Gasteiger partial charge in [-0.05, 0) is 43.7 Å². The van der Waals surface area contributed by atoms with Crippen molar-refractivity contribution in [1.29, 1.82) is 0 Å². The van der Waals surface area contributed by atoms with E-state index in [-0.39, 0.29) is 5.56 Å². The predicted octanol–water partition coefficient (Wildman–Crippen LogP) is 3.72. The van der Waals surface area contributed by atoms with E-state index in [2.05, 4.69) is 17.2 Å². The van der Waals surface area contributed by atoms with Gasteiger partial charge in [0, 0.05) is 12.2 Å². The van der Waals surface area contributed by atoms with E-state index in [1.165, 1.54) is 25.7 Å². The average Bonchev–Trinajstić information content (AvgIpc) is 2.38. The summed E-state index contributed by atoms with van der Waals surface area (Å²) in [6.07, 6.45) is 6.38. The quantitative estimate of drug-likeness (QED) is 0.860. The molecule has 0 saturated heterocycles. The SMILES string of the molecule is Cc1ccc(C(=O)O)c(NCCC2CCCC(C)C2)n1. The van der Waals surface area contributed by atoms with Crippen LogP contribution in [-0.2, 0) is 0 Å². The number of carbonyl (C=O) groups is 1. The van der Waals surface area contributed by atoms with Gasteiger partial charge in [-0.3, -0.25) is 0 Å². The van der Waals surface area contributed by atoms with Crippen LogP contribution in [0.1, 0.15) is 55.1 Å². The fourth-order valence-electron chi connectivity index (χ4n) is 3.08. The van der Waals surface area contributed by atoms with Gasteiger partial charge in [-0.25, -0.2) is 9.78 Å². The molecule has 2 unspecified atom stereocenters. The first-order chi connectivity index (χ1) is 9.56. The zero-order chi connectivity index (χ0) is 14.5. The number of hydrogen-bond donors (Lipinski definition) is 2. The molecule has 0 spiro atoms. The fourth-order valence-corrected chi connectivity index (χ4v) is 3.08. The molecule has 4 heteroatoms. The van der Waals surface area contributed by atoms with E-state index >= 15 is 0 Å². The monoisotopic (exact) mass is 276 g/mol. The molecule has 1 aliphatic carbocycles. The number of pyridine rings is 1. The van der Waals surface area contributed by atoms with Crippen LogP contribution in [0.2, 0.25) is 0 Å². The molecule has 1 fully saturated rings. The number of nitrogens with zero attached hydrogens (tertiary/aromatic N) is 1. The molecule has 0 radical (unpaired) electrons. The van der Waals surface area contributed by atoms with E-state index in [0.717, 1.165) is 30.5 Å². The Kier molecular flexibility index (Phi) is 4.99. The number of nitrogens with one attached hydrogen (secondary N) is 1. The van der Waals surface area contributed by atoms with Crippen molar-refractivity contribution in [1.82, 2.24) is 4.98 Å². The largest absolute Gasteiger partial charge is 0.478 e. The van der Waals surface area contributed by atoms with Gasteiger partial charge in [-0.1, -0.05) is 26.2 Å². The van der Waals surface area contributed by atoms with Gasteiger partial charge in [-0.15, -0.1) is 0 Å². The van der Waals surface area contributed by atoms with Gasteiger partial charge in [0.25, 0.3) is 0 Å². The smallest absolute Gasteiger partial charge is 0.339 e. The molecule has 4 nitrogen and oxygen atoms in total. The van der Waals surface area contributed by atoms with Crippen molar-refractivity contribution in [3.8, 4) is 0 Å². The summed E-state index contributed by atoms with van der Waals surface area (Å²) in [5.41, 5.74) is 1.09.